The molecule has 0 atom stereocenters. The minimum Gasteiger partial charge on any atom is -0.507 e. The van der Waals surface area contributed by atoms with Crippen LogP contribution in [-0.4, -0.2) is 34.3 Å². The zero-order valence-electron chi connectivity index (χ0n) is 20.0. The molecule has 1 heterocycles. The van der Waals surface area contributed by atoms with E-state index in [1.165, 1.54) is 12.3 Å². The third kappa shape index (κ3) is 5.44. The first-order valence-electron chi connectivity index (χ1n) is 11.6. The molecule has 5 aromatic rings. The molecule has 0 aliphatic carbocycles. The largest absolute Gasteiger partial charge is 0.507 e. The van der Waals surface area contributed by atoms with Crippen LogP contribution in [0, 0.1) is 0 Å². The van der Waals surface area contributed by atoms with E-state index in [2.05, 4.69) is 4.99 Å². The Kier molecular flexibility index (Phi) is 7.10. The van der Waals surface area contributed by atoms with Crippen LogP contribution in [0.4, 0.5) is 5.95 Å². The summed E-state index contributed by atoms with van der Waals surface area (Å²) in [6.45, 7) is 0. The highest BCUT2D eigenvalue weighted by atomic mass is 35.5. The van der Waals surface area contributed by atoms with E-state index >= 15 is 0 Å². The van der Waals surface area contributed by atoms with E-state index in [0.29, 0.717) is 16.5 Å². The van der Waals surface area contributed by atoms with Crippen molar-refractivity contribution in [2.45, 2.75) is 0 Å². The van der Waals surface area contributed by atoms with Crippen LogP contribution in [0.3, 0.4) is 0 Å². The lowest BCUT2D eigenvalue weighted by Gasteiger charge is -2.07. The Balaban J connectivity index is 1.69. The Morgan fingerprint density at radius 2 is 1.51 bits per heavy atom. The van der Waals surface area contributed by atoms with Gasteiger partial charge < -0.3 is 9.84 Å². The zero-order valence-corrected chi connectivity index (χ0v) is 20.7. The highest BCUT2D eigenvalue weighted by Crippen LogP contribution is 2.35. The van der Waals surface area contributed by atoms with Gasteiger partial charge in [-0.1, -0.05) is 72.3 Å². The predicted octanol–water partition coefficient (Wildman–Crippen LogP) is 7.22. The molecule has 5 rings (SSSR count). The molecule has 0 saturated heterocycles. The molecular weight excluding hydrogens is 484 g/mol. The molecule has 1 aromatic heterocycles. The maximum Gasteiger partial charge on any atom is 0.251 e. The van der Waals surface area contributed by atoms with Crippen molar-refractivity contribution in [2.75, 3.05) is 7.11 Å². The summed E-state index contributed by atoms with van der Waals surface area (Å²) >= 11 is 6.13. The molecule has 0 radical (unpaired) electrons. The standard InChI is InChI=1S/C30H23ClN4O2/c1-37-26-15-12-21(13-16-26)19-33-35-29(23-10-6-3-7-11-23)28(22-8-4-2-5-9-22)34-30(35)32-20-24-18-25(31)14-17-27(24)36/h2-20,36H,1H3/b32-20?,33-19+. The lowest BCUT2D eigenvalue weighted by Crippen LogP contribution is -1.95. The number of hydrogen-bond donors (Lipinski definition) is 1. The van der Waals surface area contributed by atoms with Crippen molar-refractivity contribution in [1.82, 2.24) is 9.66 Å². The number of aliphatic imine (C=N–C) groups is 1. The predicted molar refractivity (Wildman–Crippen MR) is 149 cm³/mol. The fourth-order valence-electron chi connectivity index (χ4n) is 3.82. The molecule has 0 aliphatic rings. The van der Waals surface area contributed by atoms with E-state index in [4.69, 9.17) is 26.4 Å². The number of benzene rings is 4. The number of aromatic hydroxyl groups is 1. The summed E-state index contributed by atoms with van der Waals surface area (Å²) in [5, 5.41) is 15.6. The van der Waals surface area contributed by atoms with Gasteiger partial charge in [0.05, 0.1) is 13.3 Å². The number of phenols is 1. The Hall–Kier alpha value is -4.68. The molecule has 7 heteroatoms. The van der Waals surface area contributed by atoms with Gasteiger partial charge in [0.1, 0.15) is 22.9 Å². The molecule has 0 aliphatic heterocycles. The molecule has 37 heavy (non-hydrogen) atoms. The topological polar surface area (TPSA) is 72.0 Å². The number of phenolic OH excluding ortho intramolecular Hbond substituents is 1. The van der Waals surface area contributed by atoms with E-state index in [-0.39, 0.29) is 5.75 Å². The molecule has 0 saturated carbocycles. The van der Waals surface area contributed by atoms with Crippen LogP contribution < -0.4 is 4.74 Å². The molecule has 0 spiro atoms. The minimum absolute atomic E-state index is 0.0690. The second-order valence-electron chi connectivity index (χ2n) is 8.13. The van der Waals surface area contributed by atoms with Crippen molar-refractivity contribution in [3.05, 3.63) is 119 Å². The summed E-state index contributed by atoms with van der Waals surface area (Å²) < 4.78 is 6.97. The van der Waals surface area contributed by atoms with Crippen LogP contribution in [0.2, 0.25) is 5.02 Å². The Bertz CT molecular complexity index is 1560. The Labute approximate surface area is 219 Å². The zero-order chi connectivity index (χ0) is 25.6. The van der Waals surface area contributed by atoms with Crippen LogP contribution in [0.15, 0.2) is 113 Å². The maximum absolute atomic E-state index is 10.3. The van der Waals surface area contributed by atoms with Gasteiger partial charge >= 0.3 is 0 Å². The molecule has 6 nitrogen and oxygen atoms in total. The summed E-state index contributed by atoms with van der Waals surface area (Å²) in [4.78, 5) is 9.51. The van der Waals surface area contributed by atoms with Crippen molar-refractivity contribution in [2.24, 2.45) is 10.1 Å². The van der Waals surface area contributed by atoms with Gasteiger partial charge in [0, 0.05) is 27.9 Å². The molecule has 0 unspecified atom stereocenters. The summed E-state index contributed by atoms with van der Waals surface area (Å²) in [6.07, 6.45) is 3.28. The normalized spacial score (nSPS) is 11.4. The Morgan fingerprint density at radius 3 is 2.19 bits per heavy atom. The number of rotatable bonds is 7. The first-order valence-corrected chi connectivity index (χ1v) is 11.9. The smallest absolute Gasteiger partial charge is 0.251 e. The van der Waals surface area contributed by atoms with Crippen LogP contribution in [-0.2, 0) is 0 Å². The van der Waals surface area contributed by atoms with Gasteiger partial charge in [0.15, 0.2) is 0 Å². The molecule has 0 bridgehead atoms. The monoisotopic (exact) mass is 506 g/mol. The lowest BCUT2D eigenvalue weighted by atomic mass is 10.1. The number of ether oxygens (including phenoxy) is 1. The number of hydrogen-bond acceptors (Lipinski definition) is 5. The van der Waals surface area contributed by atoms with Crippen molar-refractivity contribution >= 4 is 30.0 Å². The van der Waals surface area contributed by atoms with E-state index < -0.39 is 0 Å². The van der Waals surface area contributed by atoms with Gasteiger partial charge in [0.25, 0.3) is 5.95 Å². The summed E-state index contributed by atoms with van der Waals surface area (Å²) in [7, 11) is 1.63. The highest BCUT2D eigenvalue weighted by Gasteiger charge is 2.20. The van der Waals surface area contributed by atoms with Crippen molar-refractivity contribution in [3.63, 3.8) is 0 Å². The number of nitrogens with zero attached hydrogens (tertiary/aromatic N) is 4. The second-order valence-corrected chi connectivity index (χ2v) is 8.57. The number of methoxy groups -OCH3 is 1. The number of halogens is 1. The molecule has 182 valence electrons. The summed E-state index contributed by atoms with van der Waals surface area (Å²) in [5.74, 6) is 1.18. The van der Waals surface area contributed by atoms with Crippen molar-refractivity contribution in [3.8, 4) is 34.0 Å². The average molecular weight is 507 g/mol. The first kappa shape index (κ1) is 24.0. The second kappa shape index (κ2) is 10.9. The van der Waals surface area contributed by atoms with Gasteiger partial charge in [-0.2, -0.15) is 9.78 Å². The fraction of sp³-hybridized carbons (Fsp3) is 0.0333. The molecule has 0 fully saturated rings. The fourth-order valence-corrected chi connectivity index (χ4v) is 4.00. The minimum atomic E-state index is 0.0690. The van der Waals surface area contributed by atoms with E-state index in [1.807, 2.05) is 84.9 Å². The third-order valence-electron chi connectivity index (χ3n) is 5.68. The van der Waals surface area contributed by atoms with Gasteiger partial charge in [-0.3, -0.25) is 0 Å². The maximum atomic E-state index is 10.3. The molecule has 0 amide bonds. The quantitative estimate of drug-likeness (QED) is 0.237. The van der Waals surface area contributed by atoms with Gasteiger partial charge in [-0.25, -0.2) is 9.98 Å². The molecule has 4 aromatic carbocycles. The highest BCUT2D eigenvalue weighted by molar-refractivity contribution is 6.30. The number of aromatic nitrogens is 2. The van der Waals surface area contributed by atoms with Crippen LogP contribution >= 0.6 is 11.6 Å². The van der Waals surface area contributed by atoms with Crippen molar-refractivity contribution < 1.29 is 9.84 Å². The van der Waals surface area contributed by atoms with E-state index in [1.54, 1.807) is 30.1 Å². The lowest BCUT2D eigenvalue weighted by molar-refractivity contribution is 0.415. The van der Waals surface area contributed by atoms with Gasteiger partial charge in [-0.15, -0.1) is 0 Å². The van der Waals surface area contributed by atoms with Crippen molar-refractivity contribution in [1.29, 1.82) is 0 Å². The molecular formula is C30H23ClN4O2. The summed E-state index contributed by atoms with van der Waals surface area (Å²) in [5.41, 5.74) is 4.76. The van der Waals surface area contributed by atoms with Crippen LogP contribution in [0.1, 0.15) is 11.1 Å². The Morgan fingerprint density at radius 1 is 0.838 bits per heavy atom. The summed E-state index contributed by atoms with van der Waals surface area (Å²) in [6, 6.07) is 32.2. The molecule has 1 N–H and O–H groups in total. The SMILES string of the molecule is COc1ccc(/C=N/n2c(N=Cc3cc(Cl)ccc3O)nc(-c3ccccc3)c2-c2ccccc2)cc1. The third-order valence-corrected chi connectivity index (χ3v) is 5.91. The van der Waals surface area contributed by atoms with Crippen LogP contribution in [0.5, 0.6) is 11.5 Å². The van der Waals surface area contributed by atoms with E-state index in [0.717, 1.165) is 33.8 Å². The van der Waals surface area contributed by atoms with Gasteiger partial charge in [-0.05, 0) is 48.0 Å². The van der Waals surface area contributed by atoms with Crippen LogP contribution in [0.25, 0.3) is 22.5 Å². The van der Waals surface area contributed by atoms with E-state index in [9.17, 15) is 5.11 Å². The number of imidazole rings is 1. The first-order chi connectivity index (χ1) is 18.1. The average Bonchev–Trinajstić information content (AvgIpc) is 3.32. The van der Waals surface area contributed by atoms with Gasteiger partial charge in [0.2, 0.25) is 0 Å².